The van der Waals surface area contributed by atoms with Crippen LogP contribution < -0.4 is 0 Å². The zero-order valence-electron chi connectivity index (χ0n) is 12.4. The van der Waals surface area contributed by atoms with Gasteiger partial charge in [-0.2, -0.15) is 0 Å². The van der Waals surface area contributed by atoms with Crippen molar-refractivity contribution in [1.82, 2.24) is 0 Å². The molecule has 0 bridgehead atoms. The van der Waals surface area contributed by atoms with Gasteiger partial charge in [-0.25, -0.2) is 0 Å². The largest absolute Gasteiger partial charge is 0.381 e. The van der Waals surface area contributed by atoms with Crippen LogP contribution in [-0.2, 0) is 9.47 Å². The Morgan fingerprint density at radius 2 is 2.22 bits per heavy atom. The Hall–Kier alpha value is -0.0800. The Bertz CT molecular complexity index is 253. The minimum Gasteiger partial charge on any atom is -0.381 e. The molecule has 106 valence electrons. The summed E-state index contributed by atoms with van der Waals surface area (Å²) >= 11 is 0. The molecule has 1 saturated heterocycles. The van der Waals surface area contributed by atoms with Gasteiger partial charge in [-0.3, -0.25) is 0 Å². The lowest BCUT2D eigenvalue weighted by molar-refractivity contribution is 0.0804. The van der Waals surface area contributed by atoms with E-state index in [0.717, 1.165) is 25.0 Å². The fourth-order valence-electron chi connectivity index (χ4n) is 3.30. The van der Waals surface area contributed by atoms with Gasteiger partial charge in [0.05, 0.1) is 11.7 Å². The van der Waals surface area contributed by atoms with Crippen molar-refractivity contribution >= 4 is 0 Å². The summed E-state index contributed by atoms with van der Waals surface area (Å²) in [5, 5.41) is 0. The Kier molecular flexibility index (Phi) is 5.08. The van der Waals surface area contributed by atoms with Gasteiger partial charge in [-0.1, -0.05) is 26.7 Å². The summed E-state index contributed by atoms with van der Waals surface area (Å²) < 4.78 is 11.6. The maximum absolute atomic E-state index is 5.88. The molecular formula is C16H30O2. The highest BCUT2D eigenvalue weighted by Crippen LogP contribution is 2.49. The molecule has 2 rings (SSSR count). The monoisotopic (exact) mass is 254 g/mol. The van der Waals surface area contributed by atoms with Crippen molar-refractivity contribution in [2.45, 2.75) is 77.4 Å². The highest BCUT2D eigenvalue weighted by molar-refractivity contribution is 5.03. The lowest BCUT2D eigenvalue weighted by atomic mass is 9.81. The van der Waals surface area contributed by atoms with Crippen LogP contribution in [0.5, 0.6) is 0 Å². The van der Waals surface area contributed by atoms with Crippen molar-refractivity contribution < 1.29 is 9.47 Å². The molecular weight excluding hydrogens is 224 g/mol. The second kappa shape index (κ2) is 6.38. The van der Waals surface area contributed by atoms with E-state index in [1.807, 2.05) is 0 Å². The van der Waals surface area contributed by atoms with Crippen LogP contribution >= 0.6 is 0 Å². The molecule has 2 aliphatic rings. The number of ether oxygens (including phenoxy) is 2. The number of fused-ring (bicyclic) bond motifs is 1. The SMILES string of the molecule is CCCC(CC)COCCC1CCC2(C)OC2C1. The normalized spacial score (nSPS) is 36.2. The molecule has 0 aromatic rings. The summed E-state index contributed by atoms with van der Waals surface area (Å²) in [5.74, 6) is 1.62. The predicted molar refractivity (Wildman–Crippen MR) is 74.7 cm³/mol. The summed E-state index contributed by atoms with van der Waals surface area (Å²) in [6, 6.07) is 0. The summed E-state index contributed by atoms with van der Waals surface area (Å²) in [4.78, 5) is 0. The summed E-state index contributed by atoms with van der Waals surface area (Å²) in [6.45, 7) is 8.72. The molecule has 1 heterocycles. The topological polar surface area (TPSA) is 21.8 Å². The van der Waals surface area contributed by atoms with Gasteiger partial charge in [0.1, 0.15) is 0 Å². The van der Waals surface area contributed by atoms with Gasteiger partial charge in [0, 0.05) is 13.2 Å². The lowest BCUT2D eigenvalue weighted by Crippen LogP contribution is -2.22. The van der Waals surface area contributed by atoms with Crippen LogP contribution in [0, 0.1) is 11.8 Å². The second-order valence-corrected chi connectivity index (χ2v) is 6.49. The van der Waals surface area contributed by atoms with E-state index >= 15 is 0 Å². The van der Waals surface area contributed by atoms with E-state index in [0.29, 0.717) is 6.10 Å². The number of epoxide rings is 1. The average molecular weight is 254 g/mol. The van der Waals surface area contributed by atoms with Crippen molar-refractivity contribution in [3.8, 4) is 0 Å². The smallest absolute Gasteiger partial charge is 0.0920 e. The molecule has 4 atom stereocenters. The molecule has 0 radical (unpaired) electrons. The van der Waals surface area contributed by atoms with Gasteiger partial charge in [0.2, 0.25) is 0 Å². The van der Waals surface area contributed by atoms with Gasteiger partial charge in [-0.05, 0) is 50.9 Å². The summed E-state index contributed by atoms with van der Waals surface area (Å²) in [5.41, 5.74) is 0.270. The van der Waals surface area contributed by atoms with Gasteiger partial charge in [-0.15, -0.1) is 0 Å². The third kappa shape index (κ3) is 3.71. The number of hydrogen-bond acceptors (Lipinski definition) is 2. The van der Waals surface area contributed by atoms with E-state index in [-0.39, 0.29) is 5.60 Å². The molecule has 1 aliphatic heterocycles. The second-order valence-electron chi connectivity index (χ2n) is 6.49. The van der Waals surface area contributed by atoms with Crippen molar-refractivity contribution in [3.05, 3.63) is 0 Å². The molecule has 18 heavy (non-hydrogen) atoms. The summed E-state index contributed by atoms with van der Waals surface area (Å²) in [6.07, 6.45) is 9.52. The van der Waals surface area contributed by atoms with Crippen LogP contribution in [-0.4, -0.2) is 24.9 Å². The molecule has 2 fully saturated rings. The van der Waals surface area contributed by atoms with Gasteiger partial charge in [0.25, 0.3) is 0 Å². The summed E-state index contributed by atoms with van der Waals surface area (Å²) in [7, 11) is 0. The van der Waals surface area contributed by atoms with E-state index in [1.54, 1.807) is 0 Å². The van der Waals surface area contributed by atoms with Crippen molar-refractivity contribution in [3.63, 3.8) is 0 Å². The first-order valence-electron chi connectivity index (χ1n) is 7.93. The molecule has 1 aliphatic carbocycles. The van der Waals surface area contributed by atoms with Crippen LogP contribution in [0.3, 0.4) is 0 Å². The Balaban J connectivity index is 1.53. The Labute approximate surface area is 112 Å². The molecule has 0 aromatic carbocycles. The molecule has 2 nitrogen and oxygen atoms in total. The van der Waals surface area contributed by atoms with Gasteiger partial charge in [0.15, 0.2) is 0 Å². The molecule has 0 N–H and O–H groups in total. The highest BCUT2D eigenvalue weighted by atomic mass is 16.6. The maximum Gasteiger partial charge on any atom is 0.0920 e. The zero-order chi connectivity index (χ0) is 13.0. The third-order valence-electron chi connectivity index (χ3n) is 4.93. The van der Waals surface area contributed by atoms with Gasteiger partial charge < -0.3 is 9.47 Å². The quantitative estimate of drug-likeness (QED) is 0.479. The number of hydrogen-bond donors (Lipinski definition) is 0. The minimum atomic E-state index is 0.270. The first-order chi connectivity index (χ1) is 8.68. The highest BCUT2D eigenvalue weighted by Gasteiger charge is 2.54. The van der Waals surface area contributed by atoms with Crippen LogP contribution in [0.25, 0.3) is 0 Å². The molecule has 2 heteroatoms. The fraction of sp³-hybridized carbons (Fsp3) is 1.00. The van der Waals surface area contributed by atoms with E-state index in [9.17, 15) is 0 Å². The number of rotatable bonds is 8. The van der Waals surface area contributed by atoms with Crippen molar-refractivity contribution in [2.24, 2.45) is 11.8 Å². The maximum atomic E-state index is 5.88. The van der Waals surface area contributed by atoms with Crippen molar-refractivity contribution in [1.29, 1.82) is 0 Å². The van der Waals surface area contributed by atoms with Crippen LogP contribution in [0.15, 0.2) is 0 Å². The first-order valence-corrected chi connectivity index (χ1v) is 7.93. The molecule has 0 spiro atoms. The fourth-order valence-corrected chi connectivity index (χ4v) is 3.30. The molecule has 4 unspecified atom stereocenters. The van der Waals surface area contributed by atoms with Crippen molar-refractivity contribution in [2.75, 3.05) is 13.2 Å². The minimum absolute atomic E-state index is 0.270. The average Bonchev–Trinajstić information content (AvgIpc) is 3.04. The lowest BCUT2D eigenvalue weighted by Gasteiger charge is -2.22. The van der Waals surface area contributed by atoms with E-state index < -0.39 is 0 Å². The third-order valence-corrected chi connectivity index (χ3v) is 4.93. The van der Waals surface area contributed by atoms with E-state index in [1.165, 1.54) is 44.9 Å². The van der Waals surface area contributed by atoms with Crippen LogP contribution in [0.4, 0.5) is 0 Å². The Morgan fingerprint density at radius 3 is 2.89 bits per heavy atom. The first kappa shape index (κ1) is 14.3. The standard InChI is InChI=1S/C16H30O2/c1-4-6-13(5-2)12-17-10-8-14-7-9-16(3)15(11-14)18-16/h13-15H,4-12H2,1-3H3. The predicted octanol–water partition coefficient (Wildman–Crippen LogP) is 4.18. The van der Waals surface area contributed by atoms with Crippen LogP contribution in [0.2, 0.25) is 0 Å². The Morgan fingerprint density at radius 1 is 1.39 bits per heavy atom. The van der Waals surface area contributed by atoms with E-state index in [2.05, 4.69) is 20.8 Å². The molecule has 0 amide bonds. The van der Waals surface area contributed by atoms with E-state index in [4.69, 9.17) is 9.47 Å². The molecule has 1 saturated carbocycles. The molecule has 0 aromatic heterocycles. The zero-order valence-corrected chi connectivity index (χ0v) is 12.4. The van der Waals surface area contributed by atoms with Gasteiger partial charge >= 0.3 is 0 Å². The van der Waals surface area contributed by atoms with Crippen LogP contribution in [0.1, 0.15) is 65.7 Å².